The zero-order valence-corrected chi connectivity index (χ0v) is 23.6. The van der Waals surface area contributed by atoms with Gasteiger partial charge in [0.15, 0.2) is 29.8 Å². The van der Waals surface area contributed by atoms with Gasteiger partial charge in [-0.25, -0.2) is 14.4 Å². The number of esters is 2. The molecule has 1 fully saturated rings. The number of phenols is 1. The Morgan fingerprint density at radius 1 is 1.11 bits per heavy atom. The fraction of sp³-hybridized carbons (Fsp3) is 0.433. The molecule has 6 rings (SSSR count). The molecule has 14 heteroatoms. The third-order valence-corrected chi connectivity index (χ3v) is 8.78. The highest BCUT2D eigenvalue weighted by molar-refractivity contribution is 5.82. The molecule has 2 aliphatic carbocycles. The Labute approximate surface area is 249 Å². The number of likely N-dealkylation sites (N-methyl/N-ethyl adjacent to an activating group) is 1. The van der Waals surface area contributed by atoms with E-state index in [0.717, 1.165) is 11.1 Å². The highest BCUT2D eigenvalue weighted by Gasteiger charge is 2.72. The van der Waals surface area contributed by atoms with Crippen molar-refractivity contribution in [2.45, 2.75) is 67.7 Å². The van der Waals surface area contributed by atoms with Crippen LogP contribution in [0, 0.1) is 0 Å². The Kier molecular flexibility index (Phi) is 7.89. The Morgan fingerprint density at radius 3 is 2.41 bits per heavy atom. The highest BCUT2D eigenvalue weighted by atomic mass is 19.4. The van der Waals surface area contributed by atoms with E-state index >= 15 is 0 Å². The average molecular weight is 622 g/mol. The van der Waals surface area contributed by atoms with Gasteiger partial charge >= 0.3 is 24.1 Å². The van der Waals surface area contributed by atoms with Crippen molar-refractivity contribution in [1.82, 2.24) is 4.90 Å². The van der Waals surface area contributed by atoms with Crippen molar-refractivity contribution >= 4 is 17.9 Å². The first-order chi connectivity index (χ1) is 20.6. The predicted octanol–water partition coefficient (Wildman–Crippen LogP) is 2.51. The third-order valence-electron chi connectivity index (χ3n) is 8.78. The van der Waals surface area contributed by atoms with Crippen LogP contribution in [0.15, 0.2) is 54.3 Å². The number of benzene rings is 2. The number of aliphatic carboxylic acids is 1. The van der Waals surface area contributed by atoms with E-state index in [1.807, 2.05) is 13.1 Å². The summed E-state index contributed by atoms with van der Waals surface area (Å²) in [6.45, 7) is 2.07. The van der Waals surface area contributed by atoms with Gasteiger partial charge < -0.3 is 39.5 Å². The van der Waals surface area contributed by atoms with E-state index in [4.69, 9.17) is 24.1 Å². The van der Waals surface area contributed by atoms with Gasteiger partial charge in [-0.1, -0.05) is 36.4 Å². The Balaban J connectivity index is 0.000000493. The van der Waals surface area contributed by atoms with Gasteiger partial charge in [-0.15, -0.1) is 0 Å². The first-order valence-electron chi connectivity index (χ1n) is 13.7. The zero-order valence-electron chi connectivity index (χ0n) is 23.6. The first kappa shape index (κ1) is 31.3. The Morgan fingerprint density at radius 2 is 1.77 bits per heavy atom. The molecule has 1 spiro atoms. The summed E-state index contributed by atoms with van der Waals surface area (Å²) in [5.74, 6) is -4.04. The number of aliphatic hydroxyl groups excluding tert-OH is 1. The van der Waals surface area contributed by atoms with Crippen molar-refractivity contribution in [3.63, 3.8) is 0 Å². The number of rotatable bonds is 5. The second-order valence-corrected chi connectivity index (χ2v) is 11.2. The molecular formula is C30H30F3NO10. The van der Waals surface area contributed by atoms with Gasteiger partial charge in [-0.2, -0.15) is 13.2 Å². The molecule has 2 bridgehead atoms. The average Bonchev–Trinajstić information content (AvgIpc) is 3.34. The summed E-state index contributed by atoms with van der Waals surface area (Å²) in [6, 6.07) is 11.6. The summed E-state index contributed by atoms with van der Waals surface area (Å²) in [6.07, 6.45) is -5.68. The second kappa shape index (κ2) is 11.1. The lowest BCUT2D eigenvalue weighted by molar-refractivity contribution is -0.192. The minimum atomic E-state index is -5.08. The molecular weight excluding hydrogens is 591 g/mol. The molecule has 0 radical (unpaired) electrons. The number of carboxylic acids is 1. The number of carbonyl (C=O) groups excluding carboxylic acids is 2. The molecule has 0 amide bonds. The highest BCUT2D eigenvalue weighted by Crippen LogP contribution is 2.65. The Bertz CT molecular complexity index is 1510. The number of carboxylic acid groups (broad SMARTS) is 1. The van der Waals surface area contributed by atoms with Crippen LogP contribution in [-0.2, 0) is 35.7 Å². The SMILES string of the molecule is CC(OC(=O)[C@@H](O)c1ccccc1)C(=O)OC1=CC[C@@]2(O)[C@H]3Cc4ccc(O)c5c4[C@@]2(CCN3C)[C@H]1O5.O=C(O)C(F)(F)F. The van der Waals surface area contributed by atoms with Gasteiger partial charge in [0.2, 0.25) is 0 Å². The number of ether oxygens (including phenoxy) is 3. The Hall–Kier alpha value is -4.14. The largest absolute Gasteiger partial charge is 0.504 e. The molecule has 11 nitrogen and oxygen atoms in total. The molecule has 2 aliphatic heterocycles. The molecule has 1 unspecified atom stereocenters. The zero-order chi connectivity index (χ0) is 32.2. The molecule has 1 saturated heterocycles. The lowest BCUT2D eigenvalue weighted by atomic mass is 9.50. The second-order valence-electron chi connectivity index (χ2n) is 11.2. The molecule has 2 aromatic carbocycles. The number of nitrogens with zero attached hydrogens (tertiary/aromatic N) is 1. The van der Waals surface area contributed by atoms with E-state index < -0.39 is 53.4 Å². The molecule has 4 N–H and O–H groups in total. The van der Waals surface area contributed by atoms with Crippen LogP contribution in [0.1, 0.15) is 42.6 Å². The number of phenolic OH excluding ortho intramolecular Hbond substituents is 1. The molecule has 2 heterocycles. The maximum absolute atomic E-state index is 13.0. The van der Waals surface area contributed by atoms with E-state index in [0.29, 0.717) is 30.7 Å². The number of hydrogen-bond acceptors (Lipinski definition) is 10. The summed E-state index contributed by atoms with van der Waals surface area (Å²) in [5, 5.41) is 40.2. The van der Waals surface area contributed by atoms with Gasteiger partial charge in [-0.05, 0) is 56.6 Å². The van der Waals surface area contributed by atoms with E-state index in [1.54, 1.807) is 42.5 Å². The molecule has 0 aromatic heterocycles. The quantitative estimate of drug-likeness (QED) is 0.363. The van der Waals surface area contributed by atoms with Gasteiger partial charge in [0, 0.05) is 18.0 Å². The van der Waals surface area contributed by atoms with Crippen LogP contribution in [0.2, 0.25) is 0 Å². The number of aliphatic hydroxyl groups is 2. The molecule has 0 saturated carbocycles. The molecule has 4 aliphatic rings. The number of likely N-dealkylation sites (tertiary alicyclic amines) is 1. The summed E-state index contributed by atoms with van der Waals surface area (Å²) >= 11 is 0. The van der Waals surface area contributed by atoms with E-state index in [2.05, 4.69) is 4.90 Å². The molecule has 2 aromatic rings. The van der Waals surface area contributed by atoms with Crippen molar-refractivity contribution < 1.29 is 62.2 Å². The van der Waals surface area contributed by atoms with Crippen LogP contribution >= 0.6 is 0 Å². The van der Waals surface area contributed by atoms with Crippen molar-refractivity contribution in [1.29, 1.82) is 0 Å². The summed E-state index contributed by atoms with van der Waals surface area (Å²) < 4.78 is 48.9. The van der Waals surface area contributed by atoms with Gasteiger partial charge in [-0.3, -0.25) is 0 Å². The monoisotopic (exact) mass is 621 g/mol. The lowest BCUT2D eigenvalue weighted by Crippen LogP contribution is -2.74. The van der Waals surface area contributed by atoms with Crippen molar-refractivity contribution in [3.05, 3.63) is 71.0 Å². The number of alkyl halides is 3. The lowest BCUT2D eigenvalue weighted by Gasteiger charge is -2.61. The molecule has 6 atom stereocenters. The topological polar surface area (TPSA) is 163 Å². The van der Waals surface area contributed by atoms with Crippen molar-refractivity contribution in [3.8, 4) is 11.5 Å². The van der Waals surface area contributed by atoms with Crippen LogP contribution in [-0.4, -0.2) is 86.9 Å². The number of piperidine rings is 1. The van der Waals surface area contributed by atoms with Crippen LogP contribution in [0.3, 0.4) is 0 Å². The van der Waals surface area contributed by atoms with E-state index in [9.17, 15) is 38.1 Å². The minimum Gasteiger partial charge on any atom is -0.504 e. The standard InChI is InChI=1S/C28H29NO8.C2HF3O2/c1-15(35-26(33)22(31)16-6-4-3-5-7-16)25(32)36-19-10-11-28(34)20-14-17-8-9-18(30)23-21(17)27(28,24(19)37-23)12-13-29(20)2;3-2(4,5)1(6)7/h3-10,15,20,22,24,30-31,34H,11-14H2,1-2H3;(H,6,7)/t15?,20-,22+,24+,27+,28-;/m1./s1. The molecule has 44 heavy (non-hydrogen) atoms. The van der Waals surface area contributed by atoms with Crippen LogP contribution < -0.4 is 4.74 Å². The van der Waals surface area contributed by atoms with Crippen LogP contribution in [0.5, 0.6) is 11.5 Å². The molecule has 236 valence electrons. The number of carbonyl (C=O) groups is 3. The maximum Gasteiger partial charge on any atom is 0.490 e. The van der Waals surface area contributed by atoms with Crippen LogP contribution in [0.25, 0.3) is 0 Å². The van der Waals surface area contributed by atoms with Gasteiger partial charge in [0.1, 0.15) is 5.76 Å². The summed E-state index contributed by atoms with van der Waals surface area (Å²) in [7, 11) is 1.99. The van der Waals surface area contributed by atoms with E-state index in [-0.39, 0.29) is 24.0 Å². The third kappa shape index (κ3) is 4.96. The summed E-state index contributed by atoms with van der Waals surface area (Å²) in [4.78, 5) is 36.5. The van der Waals surface area contributed by atoms with Crippen molar-refractivity contribution in [2.75, 3.05) is 13.6 Å². The summed E-state index contributed by atoms with van der Waals surface area (Å²) in [5.41, 5.74) is 0.0745. The number of hydrogen-bond donors (Lipinski definition) is 4. The van der Waals surface area contributed by atoms with E-state index in [1.165, 1.54) is 6.92 Å². The fourth-order valence-electron chi connectivity index (χ4n) is 6.69. The smallest absolute Gasteiger partial charge is 0.490 e. The minimum absolute atomic E-state index is 0.0230. The van der Waals surface area contributed by atoms with Crippen molar-refractivity contribution in [2.24, 2.45) is 0 Å². The first-order valence-corrected chi connectivity index (χ1v) is 13.7. The number of halogens is 3. The maximum atomic E-state index is 13.0. The fourth-order valence-corrected chi connectivity index (χ4v) is 6.69. The van der Waals surface area contributed by atoms with Gasteiger partial charge in [0.05, 0.1) is 11.0 Å². The number of aromatic hydroxyl groups is 1. The van der Waals surface area contributed by atoms with Gasteiger partial charge in [0.25, 0.3) is 0 Å². The van der Waals surface area contributed by atoms with Crippen LogP contribution in [0.4, 0.5) is 13.2 Å². The predicted molar refractivity (Wildman–Crippen MR) is 143 cm³/mol. The normalized spacial score (nSPS) is 27.8.